The van der Waals surface area contributed by atoms with Crippen LogP contribution in [-0.4, -0.2) is 11.1 Å². The number of aromatic carboxylic acids is 1. The van der Waals surface area contributed by atoms with Crippen molar-refractivity contribution in [3.63, 3.8) is 0 Å². The number of hydrogen-bond donors (Lipinski definition) is 2. The van der Waals surface area contributed by atoms with Gasteiger partial charge in [0.2, 0.25) is 0 Å². The molecule has 2 saturated carbocycles. The van der Waals surface area contributed by atoms with Crippen LogP contribution in [0.25, 0.3) is 0 Å². The molecule has 0 radical (unpaired) electrons. The highest BCUT2D eigenvalue weighted by molar-refractivity contribution is 6.35. The lowest BCUT2D eigenvalue weighted by atomic mass is 9.67. The average molecular weight is 388 g/mol. The fraction of sp³-hybridized carbons (Fsp3) is 0.381. The van der Waals surface area contributed by atoms with Gasteiger partial charge < -0.3 is 10.4 Å². The molecule has 2 fully saturated rings. The van der Waals surface area contributed by atoms with E-state index in [1.54, 1.807) is 12.1 Å². The predicted molar refractivity (Wildman–Crippen MR) is 103 cm³/mol. The summed E-state index contributed by atoms with van der Waals surface area (Å²) < 4.78 is 0. The summed E-state index contributed by atoms with van der Waals surface area (Å²) in [5.74, 6) is 1.27. The number of halogens is 2. The maximum atomic E-state index is 11.8. The zero-order valence-electron chi connectivity index (χ0n) is 14.1. The highest BCUT2D eigenvalue weighted by Crippen LogP contribution is 2.64. The molecule has 0 unspecified atom stereocenters. The summed E-state index contributed by atoms with van der Waals surface area (Å²) in [5.41, 5.74) is 3.30. The third-order valence-corrected chi connectivity index (χ3v) is 7.21. The van der Waals surface area contributed by atoms with Gasteiger partial charge in [-0.05, 0) is 72.3 Å². The molecule has 5 atom stereocenters. The van der Waals surface area contributed by atoms with E-state index in [-0.39, 0.29) is 6.04 Å². The van der Waals surface area contributed by atoms with Gasteiger partial charge in [0.15, 0.2) is 0 Å². The Bertz CT molecular complexity index is 913. The van der Waals surface area contributed by atoms with Gasteiger partial charge in [-0.2, -0.15) is 0 Å². The number of hydrogen-bond acceptors (Lipinski definition) is 2. The molecule has 26 heavy (non-hydrogen) atoms. The Morgan fingerprint density at radius 2 is 1.88 bits per heavy atom. The molecule has 134 valence electrons. The van der Waals surface area contributed by atoms with Crippen molar-refractivity contribution in [2.24, 2.45) is 17.8 Å². The van der Waals surface area contributed by atoms with Crippen molar-refractivity contribution in [3.05, 3.63) is 63.1 Å². The SMILES string of the molecule is O=C(O)c1cccc2c1N[C@H](c1ccc(Cl)cc1Cl)[C@H]1[C@H]3CC[C@@H](C3)[C@H]21. The Hall–Kier alpha value is -1.71. The van der Waals surface area contributed by atoms with E-state index < -0.39 is 5.97 Å². The van der Waals surface area contributed by atoms with Crippen molar-refractivity contribution in [1.29, 1.82) is 0 Å². The monoisotopic (exact) mass is 387 g/mol. The van der Waals surface area contributed by atoms with Crippen molar-refractivity contribution in [1.82, 2.24) is 0 Å². The topological polar surface area (TPSA) is 49.3 Å². The third-order valence-electron chi connectivity index (χ3n) is 6.65. The van der Waals surface area contributed by atoms with E-state index in [1.165, 1.54) is 24.8 Å². The van der Waals surface area contributed by atoms with Gasteiger partial charge in [0.1, 0.15) is 0 Å². The van der Waals surface area contributed by atoms with E-state index in [1.807, 2.05) is 18.2 Å². The van der Waals surface area contributed by atoms with Gasteiger partial charge in [0.25, 0.3) is 0 Å². The molecule has 2 aromatic rings. The van der Waals surface area contributed by atoms with Crippen LogP contribution in [0, 0.1) is 17.8 Å². The smallest absolute Gasteiger partial charge is 0.337 e. The van der Waals surface area contributed by atoms with E-state index in [4.69, 9.17) is 23.2 Å². The largest absolute Gasteiger partial charge is 0.478 e. The van der Waals surface area contributed by atoms with Crippen LogP contribution in [0.15, 0.2) is 36.4 Å². The zero-order chi connectivity index (χ0) is 18.0. The first-order valence-corrected chi connectivity index (χ1v) is 9.88. The first kappa shape index (κ1) is 16.5. The molecule has 3 nitrogen and oxygen atoms in total. The van der Waals surface area contributed by atoms with E-state index >= 15 is 0 Å². The lowest BCUT2D eigenvalue weighted by molar-refractivity contribution is 0.0697. The Kier molecular flexibility index (Phi) is 3.74. The second-order valence-corrected chi connectivity index (χ2v) is 8.64. The summed E-state index contributed by atoms with van der Waals surface area (Å²) in [7, 11) is 0. The average Bonchev–Trinajstić information content (AvgIpc) is 3.23. The standard InChI is InChI=1S/C21H19Cl2NO2/c22-12-6-7-13(16(23)9-12)20-18-11-5-4-10(8-11)17(18)14-2-1-3-15(21(25)26)19(14)24-20/h1-3,6-7,9-11,17-18,20,24H,4-5,8H2,(H,25,26)/t10-,11-,17+,18-,20+/m0/s1. The number of para-hydroxylation sites is 1. The van der Waals surface area contributed by atoms with Crippen molar-refractivity contribution in [2.75, 3.05) is 5.32 Å². The summed E-state index contributed by atoms with van der Waals surface area (Å²) in [5, 5.41) is 14.5. The highest BCUT2D eigenvalue weighted by Gasteiger charge is 2.54. The van der Waals surface area contributed by atoms with E-state index in [0.717, 1.165) is 11.3 Å². The Morgan fingerprint density at radius 1 is 1.08 bits per heavy atom. The van der Waals surface area contributed by atoms with Crippen molar-refractivity contribution in [2.45, 2.75) is 31.2 Å². The van der Waals surface area contributed by atoms with Crippen molar-refractivity contribution < 1.29 is 9.90 Å². The maximum absolute atomic E-state index is 11.8. The van der Waals surface area contributed by atoms with E-state index in [9.17, 15) is 9.90 Å². The summed E-state index contributed by atoms with van der Waals surface area (Å²) in [6.07, 6.45) is 3.72. The van der Waals surface area contributed by atoms with Crippen LogP contribution in [-0.2, 0) is 0 Å². The number of fused-ring (bicyclic) bond motifs is 7. The Balaban J connectivity index is 1.69. The van der Waals surface area contributed by atoms with Gasteiger partial charge >= 0.3 is 5.97 Å². The van der Waals surface area contributed by atoms with E-state index in [2.05, 4.69) is 11.4 Å². The van der Waals surface area contributed by atoms with Crippen LogP contribution in [0.4, 0.5) is 5.69 Å². The van der Waals surface area contributed by atoms with Crippen LogP contribution in [0.2, 0.25) is 10.0 Å². The van der Waals surface area contributed by atoms with Gasteiger partial charge in [-0.25, -0.2) is 4.79 Å². The number of rotatable bonds is 2. The van der Waals surface area contributed by atoms with Crippen LogP contribution < -0.4 is 5.32 Å². The summed E-state index contributed by atoms with van der Waals surface area (Å²) in [6.45, 7) is 0. The molecule has 0 aromatic heterocycles. The number of benzene rings is 2. The first-order chi connectivity index (χ1) is 12.5. The summed E-state index contributed by atoms with van der Waals surface area (Å²) in [4.78, 5) is 11.8. The highest BCUT2D eigenvalue weighted by atomic mass is 35.5. The Morgan fingerprint density at radius 3 is 2.65 bits per heavy atom. The maximum Gasteiger partial charge on any atom is 0.337 e. The molecular weight excluding hydrogens is 369 g/mol. The lowest BCUT2D eigenvalue weighted by Crippen LogP contribution is -2.36. The molecule has 2 aliphatic carbocycles. The molecule has 2 bridgehead atoms. The quantitative estimate of drug-likeness (QED) is 0.665. The van der Waals surface area contributed by atoms with Crippen LogP contribution in [0.1, 0.15) is 52.7 Å². The predicted octanol–water partition coefficient (Wildman–Crippen LogP) is 5.99. The molecule has 5 rings (SSSR count). The number of carboxylic acid groups (broad SMARTS) is 1. The molecule has 0 amide bonds. The third kappa shape index (κ3) is 2.30. The van der Waals surface area contributed by atoms with Crippen LogP contribution >= 0.6 is 23.2 Å². The molecular formula is C21H19Cl2NO2. The van der Waals surface area contributed by atoms with Crippen molar-refractivity contribution in [3.8, 4) is 0 Å². The first-order valence-electron chi connectivity index (χ1n) is 9.12. The normalized spacial score (nSPS) is 31.2. The molecule has 0 saturated heterocycles. The minimum Gasteiger partial charge on any atom is -0.478 e. The zero-order valence-corrected chi connectivity index (χ0v) is 15.6. The molecule has 5 heteroatoms. The minimum atomic E-state index is -0.892. The van der Waals surface area contributed by atoms with Gasteiger partial charge in [0.05, 0.1) is 17.3 Å². The minimum absolute atomic E-state index is 0.0214. The molecule has 3 aliphatic rings. The van der Waals surface area contributed by atoms with E-state index in [0.29, 0.717) is 39.3 Å². The van der Waals surface area contributed by atoms with Crippen molar-refractivity contribution >= 4 is 34.9 Å². The molecule has 2 aromatic carbocycles. The van der Waals surface area contributed by atoms with Crippen LogP contribution in [0.5, 0.6) is 0 Å². The molecule has 0 spiro atoms. The molecule has 1 aliphatic heterocycles. The molecule has 2 N–H and O–H groups in total. The summed E-state index contributed by atoms with van der Waals surface area (Å²) >= 11 is 12.6. The number of carboxylic acids is 1. The Labute approximate surface area is 162 Å². The number of nitrogens with one attached hydrogen (secondary N) is 1. The second-order valence-electron chi connectivity index (χ2n) is 7.80. The number of anilines is 1. The fourth-order valence-corrected chi connectivity index (χ4v) is 6.28. The van der Waals surface area contributed by atoms with Gasteiger partial charge in [-0.3, -0.25) is 0 Å². The van der Waals surface area contributed by atoms with Crippen LogP contribution in [0.3, 0.4) is 0 Å². The number of carbonyl (C=O) groups is 1. The second kappa shape index (κ2) is 5.90. The van der Waals surface area contributed by atoms with Gasteiger partial charge in [-0.15, -0.1) is 0 Å². The lowest BCUT2D eigenvalue weighted by Gasteiger charge is -2.44. The van der Waals surface area contributed by atoms with Gasteiger partial charge in [-0.1, -0.05) is 41.4 Å². The fourth-order valence-electron chi connectivity index (χ4n) is 5.75. The molecule has 1 heterocycles. The summed E-state index contributed by atoms with van der Waals surface area (Å²) in [6, 6.07) is 11.3. The van der Waals surface area contributed by atoms with Gasteiger partial charge in [0, 0.05) is 10.0 Å².